The molecule has 2 heterocycles. The first-order valence-corrected chi connectivity index (χ1v) is 13.4. The van der Waals surface area contributed by atoms with Gasteiger partial charge in [-0.1, -0.05) is 48.0 Å². The third kappa shape index (κ3) is 4.26. The van der Waals surface area contributed by atoms with E-state index in [0.717, 1.165) is 22.2 Å². The summed E-state index contributed by atoms with van der Waals surface area (Å²) in [5.41, 5.74) is 3.59. The second-order valence-corrected chi connectivity index (χ2v) is 11.2. The second-order valence-electron chi connectivity index (χ2n) is 8.91. The molecule has 0 aliphatic carbocycles. The molecular weight excluding hydrogens is 490 g/mol. The molecule has 1 aliphatic rings. The first-order valence-electron chi connectivity index (χ1n) is 11.5. The van der Waals surface area contributed by atoms with Gasteiger partial charge >= 0.3 is 0 Å². The first-order chi connectivity index (χ1) is 16.8. The third-order valence-corrected chi connectivity index (χ3v) is 9.26. The normalized spacial score (nSPS) is 15.7. The number of sulfonamides is 1. The summed E-state index contributed by atoms with van der Waals surface area (Å²) in [4.78, 5) is -0.284. The lowest BCUT2D eigenvalue weighted by Crippen LogP contribution is -2.38. The molecule has 1 saturated heterocycles. The van der Waals surface area contributed by atoms with Crippen LogP contribution in [-0.4, -0.2) is 30.4 Å². The van der Waals surface area contributed by atoms with Crippen molar-refractivity contribution in [3.63, 3.8) is 0 Å². The van der Waals surface area contributed by atoms with Crippen LogP contribution >= 0.6 is 11.6 Å². The number of hydrogen-bond donors (Lipinski definition) is 0. The second kappa shape index (κ2) is 9.37. The molecule has 3 aromatic carbocycles. The highest BCUT2D eigenvalue weighted by molar-refractivity contribution is 7.89. The van der Waals surface area contributed by atoms with Crippen LogP contribution in [0.25, 0.3) is 10.9 Å². The molecule has 0 unspecified atom stereocenters. The number of halogens is 3. The van der Waals surface area contributed by atoms with Crippen molar-refractivity contribution in [2.45, 2.75) is 37.1 Å². The highest BCUT2D eigenvalue weighted by Gasteiger charge is 2.33. The Kier molecular flexibility index (Phi) is 6.42. The van der Waals surface area contributed by atoms with Crippen LogP contribution in [0, 0.1) is 18.6 Å². The Hall–Kier alpha value is -2.74. The van der Waals surface area contributed by atoms with Crippen LogP contribution in [-0.2, 0) is 16.6 Å². The maximum atomic E-state index is 14.6. The standard InChI is InChI=1S/C27H25ClF2N2O2S/c1-18-27(19-13-15-31(16-14-19)35(33,34)26-12-5-3-9-24(26)30)20-7-2-4-11-25(20)32(18)17-21-22(28)8-6-10-23(21)29/h2-12,19H,13-17H2,1H3. The predicted molar refractivity (Wildman–Crippen MR) is 134 cm³/mol. The number of nitrogens with zero attached hydrogens (tertiary/aromatic N) is 2. The van der Waals surface area contributed by atoms with E-state index >= 15 is 0 Å². The monoisotopic (exact) mass is 514 g/mol. The van der Waals surface area contributed by atoms with Crippen LogP contribution < -0.4 is 0 Å². The minimum atomic E-state index is -3.90. The van der Waals surface area contributed by atoms with Gasteiger partial charge in [0.2, 0.25) is 10.0 Å². The fourth-order valence-corrected chi connectivity index (χ4v) is 6.95. The predicted octanol–water partition coefficient (Wildman–Crippen LogP) is 6.50. The number of benzene rings is 3. The number of piperidine rings is 1. The van der Waals surface area contributed by atoms with Crippen LogP contribution in [0.4, 0.5) is 8.78 Å². The van der Waals surface area contributed by atoms with Crippen LogP contribution in [0.1, 0.15) is 35.6 Å². The quantitative estimate of drug-likeness (QED) is 0.305. The van der Waals surface area contributed by atoms with E-state index in [-0.39, 0.29) is 16.6 Å². The Morgan fingerprint density at radius 1 is 0.914 bits per heavy atom. The van der Waals surface area contributed by atoms with Crippen molar-refractivity contribution in [1.82, 2.24) is 8.87 Å². The summed E-state index contributed by atoms with van der Waals surface area (Å²) in [5.74, 6) is -0.951. The molecule has 1 fully saturated rings. The van der Waals surface area contributed by atoms with E-state index in [1.807, 2.05) is 25.1 Å². The smallest absolute Gasteiger partial charge is 0.245 e. The molecular formula is C27H25ClF2N2O2S. The SMILES string of the molecule is Cc1c(C2CCN(S(=O)(=O)c3ccccc3F)CC2)c2ccccc2n1Cc1c(F)cccc1Cl. The summed E-state index contributed by atoms with van der Waals surface area (Å²) in [6, 6.07) is 18.2. The van der Waals surface area contributed by atoms with E-state index in [1.165, 1.54) is 34.6 Å². The summed E-state index contributed by atoms with van der Waals surface area (Å²) in [6.07, 6.45) is 1.23. The average molecular weight is 515 g/mol. The Morgan fingerprint density at radius 3 is 2.29 bits per heavy atom. The fourth-order valence-electron chi connectivity index (χ4n) is 5.20. The number of para-hydroxylation sites is 1. The molecule has 0 bridgehead atoms. The van der Waals surface area contributed by atoms with Gasteiger partial charge in [-0.15, -0.1) is 0 Å². The molecule has 1 aliphatic heterocycles. The lowest BCUT2D eigenvalue weighted by molar-refractivity contribution is 0.318. The van der Waals surface area contributed by atoms with Crippen LogP contribution in [0.3, 0.4) is 0 Å². The highest BCUT2D eigenvalue weighted by Crippen LogP contribution is 2.39. The topological polar surface area (TPSA) is 42.3 Å². The largest absolute Gasteiger partial charge is 0.340 e. The van der Waals surface area contributed by atoms with Crippen molar-refractivity contribution >= 4 is 32.5 Å². The number of hydrogen-bond acceptors (Lipinski definition) is 2. The summed E-state index contributed by atoms with van der Waals surface area (Å²) in [5, 5.41) is 1.46. The van der Waals surface area contributed by atoms with Gasteiger partial charge < -0.3 is 4.57 Å². The van der Waals surface area contributed by atoms with Crippen molar-refractivity contribution < 1.29 is 17.2 Å². The van der Waals surface area contributed by atoms with Crippen LogP contribution in [0.15, 0.2) is 71.6 Å². The lowest BCUT2D eigenvalue weighted by atomic mass is 9.88. The molecule has 0 saturated carbocycles. The molecule has 0 atom stereocenters. The minimum absolute atomic E-state index is 0.129. The maximum absolute atomic E-state index is 14.6. The molecule has 0 radical (unpaired) electrons. The van der Waals surface area contributed by atoms with Crippen molar-refractivity contribution in [3.8, 4) is 0 Å². The van der Waals surface area contributed by atoms with Crippen molar-refractivity contribution in [3.05, 3.63) is 100 Å². The minimum Gasteiger partial charge on any atom is -0.340 e. The number of aromatic nitrogens is 1. The zero-order chi connectivity index (χ0) is 24.7. The molecule has 4 nitrogen and oxygen atoms in total. The molecule has 0 N–H and O–H groups in total. The van der Waals surface area contributed by atoms with E-state index in [0.29, 0.717) is 43.1 Å². The van der Waals surface area contributed by atoms with E-state index < -0.39 is 15.8 Å². The Balaban J connectivity index is 1.46. The van der Waals surface area contributed by atoms with Gasteiger partial charge in [0.1, 0.15) is 16.5 Å². The van der Waals surface area contributed by atoms with Crippen LogP contribution in [0.5, 0.6) is 0 Å². The van der Waals surface area contributed by atoms with Crippen LogP contribution in [0.2, 0.25) is 5.02 Å². The summed E-state index contributed by atoms with van der Waals surface area (Å²) in [6.45, 7) is 2.93. The fraction of sp³-hybridized carbons (Fsp3) is 0.259. The van der Waals surface area contributed by atoms with Gasteiger partial charge in [0.05, 0.1) is 6.54 Å². The summed E-state index contributed by atoms with van der Waals surface area (Å²) >= 11 is 6.32. The lowest BCUT2D eigenvalue weighted by Gasteiger charge is -2.31. The molecule has 5 rings (SSSR count). The Morgan fingerprint density at radius 2 is 1.57 bits per heavy atom. The Labute approximate surface area is 208 Å². The molecule has 35 heavy (non-hydrogen) atoms. The summed E-state index contributed by atoms with van der Waals surface area (Å²) in [7, 11) is -3.90. The highest BCUT2D eigenvalue weighted by atomic mass is 35.5. The van der Waals surface area contributed by atoms with Gasteiger partial charge in [0.25, 0.3) is 0 Å². The number of rotatable bonds is 5. The van der Waals surface area contributed by atoms with Gasteiger partial charge in [-0.2, -0.15) is 4.31 Å². The summed E-state index contributed by atoms with van der Waals surface area (Å²) < 4.78 is 58.3. The molecule has 1 aromatic heterocycles. The van der Waals surface area contributed by atoms with Crippen molar-refractivity contribution in [1.29, 1.82) is 0 Å². The van der Waals surface area contributed by atoms with E-state index in [4.69, 9.17) is 11.6 Å². The maximum Gasteiger partial charge on any atom is 0.245 e. The van der Waals surface area contributed by atoms with Gasteiger partial charge in [-0.05, 0) is 61.6 Å². The average Bonchev–Trinajstić information content (AvgIpc) is 3.12. The molecule has 4 aromatic rings. The molecule has 182 valence electrons. The first kappa shape index (κ1) is 24.0. The van der Waals surface area contributed by atoms with Gasteiger partial charge in [0.15, 0.2) is 0 Å². The van der Waals surface area contributed by atoms with Crippen molar-refractivity contribution in [2.24, 2.45) is 0 Å². The molecule has 0 spiro atoms. The Bertz CT molecular complexity index is 1490. The van der Waals surface area contributed by atoms with Gasteiger partial charge in [-0.3, -0.25) is 0 Å². The molecule has 0 amide bonds. The zero-order valence-electron chi connectivity index (χ0n) is 19.2. The van der Waals surface area contributed by atoms with E-state index in [9.17, 15) is 17.2 Å². The van der Waals surface area contributed by atoms with Gasteiger partial charge in [-0.25, -0.2) is 17.2 Å². The van der Waals surface area contributed by atoms with E-state index in [1.54, 1.807) is 12.1 Å². The third-order valence-electron chi connectivity index (χ3n) is 6.97. The zero-order valence-corrected chi connectivity index (χ0v) is 20.8. The number of fused-ring (bicyclic) bond motifs is 1. The van der Waals surface area contributed by atoms with Gasteiger partial charge in [0, 0.05) is 40.3 Å². The molecule has 8 heteroatoms. The van der Waals surface area contributed by atoms with E-state index in [2.05, 4.69) is 10.6 Å². The van der Waals surface area contributed by atoms with Crippen molar-refractivity contribution in [2.75, 3.05) is 13.1 Å².